The molecule has 3 N–H and O–H groups in total. The molecule has 1 atom stereocenters. The summed E-state index contributed by atoms with van der Waals surface area (Å²) in [5.74, 6) is -1.12. The number of amides is 5. The zero-order valence-electron chi connectivity index (χ0n) is 23.9. The third-order valence-corrected chi connectivity index (χ3v) is 6.97. The van der Waals surface area contributed by atoms with Gasteiger partial charge in [-0.1, -0.05) is 11.6 Å². The summed E-state index contributed by atoms with van der Waals surface area (Å²) in [6.45, 7) is 2.25. The summed E-state index contributed by atoms with van der Waals surface area (Å²) in [4.78, 5) is 51.5. The van der Waals surface area contributed by atoms with E-state index in [1.165, 1.54) is 56.3 Å². The van der Waals surface area contributed by atoms with E-state index in [-0.39, 0.29) is 22.2 Å². The molecule has 1 aliphatic rings. The van der Waals surface area contributed by atoms with E-state index in [1.54, 1.807) is 0 Å². The number of carbonyl (C=O) groups is 3. The SMILES string of the molecule is CC1(C)C(N(O)C(=O)Nc2ccc(Cl)cc2)N(c2ccc(C(F)(F)F)cc2)C(=O)N1CC(=O)NN=CC=Cc1ccc([N+](=O)[O-])o1. The molecule has 4 rings (SSSR count). The molecule has 0 radical (unpaired) electrons. The predicted octanol–water partition coefficient (Wildman–Crippen LogP) is 5.95. The average molecular weight is 664 g/mol. The van der Waals surface area contributed by atoms with E-state index >= 15 is 0 Å². The number of hydrazone groups is 1. The zero-order valence-corrected chi connectivity index (χ0v) is 24.7. The number of allylic oxidation sites excluding steroid dienone is 1. The first-order valence-electron chi connectivity index (χ1n) is 13.1. The second kappa shape index (κ2) is 13.3. The minimum absolute atomic E-state index is 0.0985. The van der Waals surface area contributed by atoms with Gasteiger partial charge in [0.15, 0.2) is 6.17 Å². The lowest BCUT2D eigenvalue weighted by atomic mass is 9.99. The zero-order chi connectivity index (χ0) is 33.8. The largest absolute Gasteiger partial charge is 0.433 e. The van der Waals surface area contributed by atoms with Crippen LogP contribution in [0.15, 0.2) is 76.3 Å². The molecule has 5 amide bonds. The molecule has 1 unspecified atom stereocenters. The second-order valence-electron chi connectivity index (χ2n) is 10.2. The maximum atomic E-state index is 13.7. The molecule has 0 aliphatic carbocycles. The van der Waals surface area contributed by atoms with Gasteiger partial charge in [-0.3, -0.25) is 25.0 Å². The van der Waals surface area contributed by atoms with Crippen molar-refractivity contribution in [3.05, 3.63) is 93.2 Å². The van der Waals surface area contributed by atoms with E-state index in [9.17, 15) is 42.9 Å². The highest BCUT2D eigenvalue weighted by atomic mass is 35.5. The number of hydrogen-bond donors (Lipinski definition) is 3. The lowest BCUT2D eigenvalue weighted by Crippen LogP contribution is -2.58. The van der Waals surface area contributed by atoms with Gasteiger partial charge < -0.3 is 14.6 Å². The summed E-state index contributed by atoms with van der Waals surface area (Å²) in [5, 5.41) is 28.5. The van der Waals surface area contributed by atoms with Gasteiger partial charge in [0, 0.05) is 22.6 Å². The number of benzene rings is 2. The number of hydrogen-bond acceptors (Lipinski definition) is 8. The number of nitro groups is 1. The van der Waals surface area contributed by atoms with Crippen LogP contribution in [0.4, 0.5) is 40.0 Å². The molecule has 242 valence electrons. The third kappa shape index (κ3) is 7.44. The smallest absolute Gasteiger partial charge is 0.401 e. The number of alkyl halides is 3. The number of furan rings is 1. The highest BCUT2D eigenvalue weighted by Crippen LogP contribution is 2.39. The van der Waals surface area contributed by atoms with Gasteiger partial charge in [-0.25, -0.2) is 15.0 Å². The summed E-state index contributed by atoms with van der Waals surface area (Å²) in [7, 11) is 0. The first-order valence-corrected chi connectivity index (χ1v) is 13.5. The number of anilines is 2. The topological polar surface area (TPSA) is 174 Å². The van der Waals surface area contributed by atoms with Gasteiger partial charge in [0.05, 0.1) is 17.2 Å². The Balaban J connectivity index is 1.55. The van der Waals surface area contributed by atoms with Crippen molar-refractivity contribution >= 4 is 59.1 Å². The Morgan fingerprint density at radius 2 is 1.80 bits per heavy atom. The second-order valence-corrected chi connectivity index (χ2v) is 10.6. The minimum atomic E-state index is -4.66. The average Bonchev–Trinajstić information content (AvgIpc) is 3.54. The maximum absolute atomic E-state index is 13.7. The van der Waals surface area contributed by atoms with Crippen molar-refractivity contribution in [1.29, 1.82) is 0 Å². The summed E-state index contributed by atoms with van der Waals surface area (Å²) >= 11 is 5.87. The number of carbonyl (C=O) groups excluding carboxylic acids is 3. The Kier molecular flexibility index (Phi) is 9.67. The molecule has 46 heavy (non-hydrogen) atoms. The molecule has 0 bridgehead atoms. The fraction of sp³-hybridized carbons (Fsp3) is 0.214. The molecule has 18 heteroatoms. The summed E-state index contributed by atoms with van der Waals surface area (Å²) in [5.41, 5.74) is -0.166. The molecule has 0 saturated carbocycles. The molecule has 0 spiro atoms. The van der Waals surface area contributed by atoms with Gasteiger partial charge in [-0.15, -0.1) is 0 Å². The fourth-order valence-corrected chi connectivity index (χ4v) is 4.63. The van der Waals surface area contributed by atoms with Gasteiger partial charge >= 0.3 is 24.1 Å². The molecule has 1 saturated heterocycles. The van der Waals surface area contributed by atoms with Crippen LogP contribution in [0.2, 0.25) is 5.02 Å². The third-order valence-electron chi connectivity index (χ3n) is 6.72. The van der Waals surface area contributed by atoms with Crippen molar-refractivity contribution < 1.29 is 42.1 Å². The molecule has 1 fully saturated rings. The lowest BCUT2D eigenvalue weighted by molar-refractivity contribution is -0.402. The summed E-state index contributed by atoms with van der Waals surface area (Å²) in [6.07, 6.45) is -2.41. The standard InChI is InChI=1S/C28H25ClF3N7O7/c1-27(2)24(38(43)25(41)34-19-9-7-18(29)8-10-19)37(20-11-5-17(6-12-20)28(30,31)32)26(42)36(27)16-22(40)35-33-15-3-4-21-13-14-23(46-21)39(44)45/h3-15,24,43H,16H2,1-2H3,(H,34,41)(H,35,40). The Morgan fingerprint density at radius 3 is 2.39 bits per heavy atom. The van der Waals surface area contributed by atoms with Crippen LogP contribution in [0.5, 0.6) is 0 Å². The maximum Gasteiger partial charge on any atom is 0.433 e. The number of hydroxylamine groups is 2. The molecule has 3 aromatic rings. The molecule has 2 aromatic carbocycles. The first-order chi connectivity index (χ1) is 21.6. The highest BCUT2D eigenvalue weighted by molar-refractivity contribution is 6.30. The number of rotatable bonds is 9. The van der Waals surface area contributed by atoms with Gasteiger partial charge in [0.25, 0.3) is 5.91 Å². The Morgan fingerprint density at radius 1 is 1.15 bits per heavy atom. The Bertz CT molecular complexity index is 1680. The van der Waals surface area contributed by atoms with Crippen molar-refractivity contribution in [1.82, 2.24) is 15.4 Å². The van der Waals surface area contributed by atoms with Crippen LogP contribution in [0, 0.1) is 10.1 Å². The van der Waals surface area contributed by atoms with Crippen molar-refractivity contribution in [3.63, 3.8) is 0 Å². The molecule has 14 nitrogen and oxygen atoms in total. The van der Waals surface area contributed by atoms with Crippen LogP contribution < -0.4 is 15.6 Å². The van der Waals surface area contributed by atoms with Crippen LogP contribution in [-0.2, 0) is 11.0 Å². The Hall–Kier alpha value is -5.42. The van der Waals surface area contributed by atoms with Crippen LogP contribution in [0.25, 0.3) is 6.08 Å². The molecular weight excluding hydrogens is 639 g/mol. The number of halogens is 4. The van der Waals surface area contributed by atoms with Crippen LogP contribution in [0.3, 0.4) is 0 Å². The van der Waals surface area contributed by atoms with E-state index in [4.69, 9.17) is 16.0 Å². The first kappa shape index (κ1) is 33.5. The van der Waals surface area contributed by atoms with Crippen LogP contribution in [0.1, 0.15) is 25.2 Å². The van der Waals surface area contributed by atoms with Crippen molar-refractivity contribution in [2.24, 2.45) is 5.10 Å². The molecule has 1 aliphatic heterocycles. The van der Waals surface area contributed by atoms with Crippen LogP contribution >= 0.6 is 11.6 Å². The number of nitrogens with one attached hydrogen (secondary N) is 2. The van der Waals surface area contributed by atoms with E-state index in [0.717, 1.165) is 46.3 Å². The number of urea groups is 2. The van der Waals surface area contributed by atoms with Crippen molar-refractivity contribution in [2.45, 2.75) is 31.7 Å². The van der Waals surface area contributed by atoms with Gasteiger partial charge in [-0.05, 0) is 80.6 Å². The van der Waals surface area contributed by atoms with Crippen molar-refractivity contribution in [2.75, 3.05) is 16.8 Å². The summed E-state index contributed by atoms with van der Waals surface area (Å²) < 4.78 is 44.6. The number of nitrogens with zero attached hydrogens (tertiary/aromatic N) is 5. The Labute approximate surface area is 263 Å². The highest BCUT2D eigenvalue weighted by Gasteiger charge is 2.56. The van der Waals surface area contributed by atoms with Gasteiger partial charge in [-0.2, -0.15) is 23.3 Å². The minimum Gasteiger partial charge on any atom is -0.401 e. The van der Waals surface area contributed by atoms with Gasteiger partial charge in [0.2, 0.25) is 0 Å². The predicted molar refractivity (Wildman–Crippen MR) is 159 cm³/mol. The lowest BCUT2D eigenvalue weighted by Gasteiger charge is -2.38. The molecular formula is C28H25ClF3N7O7. The molecule has 2 heterocycles. The van der Waals surface area contributed by atoms with E-state index in [2.05, 4.69) is 15.8 Å². The van der Waals surface area contributed by atoms with Crippen LogP contribution in [-0.4, -0.2) is 62.5 Å². The van der Waals surface area contributed by atoms with Crippen molar-refractivity contribution in [3.8, 4) is 0 Å². The van der Waals surface area contributed by atoms with E-state index in [0.29, 0.717) is 5.02 Å². The normalized spacial score (nSPS) is 16.3. The quantitative estimate of drug-likeness (QED) is 0.110. The monoisotopic (exact) mass is 663 g/mol. The summed E-state index contributed by atoms with van der Waals surface area (Å²) in [6, 6.07) is 9.86. The van der Waals surface area contributed by atoms with Gasteiger partial charge in [0.1, 0.15) is 17.2 Å². The molecule has 1 aromatic heterocycles. The van der Waals surface area contributed by atoms with E-state index in [1.807, 2.05) is 0 Å². The van der Waals surface area contributed by atoms with E-state index < -0.39 is 58.8 Å². The fourth-order valence-electron chi connectivity index (χ4n) is 4.50.